The van der Waals surface area contributed by atoms with Crippen LogP contribution in [0.4, 0.5) is 5.69 Å². The van der Waals surface area contributed by atoms with Crippen molar-refractivity contribution in [1.82, 2.24) is 4.90 Å². The number of rotatable bonds is 4. The second-order valence-electron chi connectivity index (χ2n) is 8.84. The van der Waals surface area contributed by atoms with Crippen LogP contribution in [0.5, 0.6) is 0 Å². The molecule has 5 heteroatoms. The molecule has 158 valence electrons. The number of Topliss-reactive ketones (excluding diaryl/α,β-unsaturated/α-hetero) is 1. The zero-order valence-electron chi connectivity index (χ0n) is 17.6. The Hall–Kier alpha value is -3.73. The minimum atomic E-state index is -0.373. The van der Waals surface area contributed by atoms with Gasteiger partial charge in [0.25, 0.3) is 0 Å². The number of amides is 2. The van der Waals surface area contributed by atoms with Gasteiger partial charge in [-0.2, -0.15) is 0 Å². The number of benzene rings is 3. The van der Waals surface area contributed by atoms with Crippen LogP contribution in [0.3, 0.4) is 0 Å². The van der Waals surface area contributed by atoms with Gasteiger partial charge in [-0.05, 0) is 41.3 Å². The van der Waals surface area contributed by atoms with Crippen LogP contribution in [-0.4, -0.2) is 29.2 Å². The van der Waals surface area contributed by atoms with E-state index in [0.717, 1.165) is 0 Å². The van der Waals surface area contributed by atoms with Gasteiger partial charge in [0.2, 0.25) is 11.8 Å². The highest BCUT2D eigenvalue weighted by Gasteiger charge is 2.61. The number of hydrogen-bond acceptors (Lipinski definition) is 4. The summed E-state index contributed by atoms with van der Waals surface area (Å²) in [5.41, 5.74) is 5.98. The van der Waals surface area contributed by atoms with E-state index in [1.54, 1.807) is 18.2 Å². The summed E-state index contributed by atoms with van der Waals surface area (Å²) in [5, 5.41) is 3.18. The molecule has 0 radical (unpaired) electrons. The molecule has 2 unspecified atom stereocenters. The summed E-state index contributed by atoms with van der Waals surface area (Å²) in [6.07, 6.45) is 0. The zero-order valence-corrected chi connectivity index (χ0v) is 17.6. The van der Waals surface area contributed by atoms with Crippen molar-refractivity contribution in [3.8, 4) is 0 Å². The zero-order chi connectivity index (χ0) is 22.0. The summed E-state index contributed by atoms with van der Waals surface area (Å²) in [6.45, 7) is 1.61. The average molecular weight is 422 g/mol. The lowest BCUT2D eigenvalue weighted by atomic mass is 9.55. The Morgan fingerprint density at radius 3 is 1.75 bits per heavy atom. The van der Waals surface area contributed by atoms with Crippen molar-refractivity contribution in [2.45, 2.75) is 18.8 Å². The molecule has 1 saturated heterocycles. The summed E-state index contributed by atoms with van der Waals surface area (Å²) >= 11 is 0. The molecule has 0 aromatic heterocycles. The molecule has 4 aliphatic rings. The van der Waals surface area contributed by atoms with Crippen LogP contribution in [0.1, 0.15) is 51.4 Å². The maximum Gasteiger partial charge on any atom is 0.235 e. The summed E-state index contributed by atoms with van der Waals surface area (Å²) in [7, 11) is 0. The third kappa shape index (κ3) is 2.54. The maximum atomic E-state index is 13.6. The molecule has 0 saturated carbocycles. The molecule has 1 aliphatic heterocycles. The van der Waals surface area contributed by atoms with E-state index in [-0.39, 0.29) is 47.9 Å². The first-order valence-corrected chi connectivity index (χ1v) is 10.9. The number of carbonyl (C=O) groups is 3. The lowest BCUT2D eigenvalue weighted by Gasteiger charge is -2.45. The van der Waals surface area contributed by atoms with E-state index in [0.29, 0.717) is 11.3 Å². The van der Waals surface area contributed by atoms with E-state index in [9.17, 15) is 14.4 Å². The molecular weight excluding hydrogens is 400 g/mol. The SMILES string of the molecule is CC(=O)c1cccc(NCN2C(=O)C3C4c5ccccc5C(c5ccccc54)C3C2=O)c1. The molecule has 0 spiro atoms. The minimum Gasteiger partial charge on any atom is -0.367 e. The third-order valence-corrected chi connectivity index (χ3v) is 7.25. The number of anilines is 1. The largest absolute Gasteiger partial charge is 0.367 e. The highest BCUT2D eigenvalue weighted by molar-refractivity contribution is 6.07. The Bertz CT molecular complexity index is 1180. The van der Waals surface area contributed by atoms with E-state index in [4.69, 9.17) is 0 Å². The Kier molecular flexibility index (Phi) is 4.09. The van der Waals surface area contributed by atoms with E-state index >= 15 is 0 Å². The number of carbonyl (C=O) groups excluding carboxylic acids is 3. The molecule has 2 atom stereocenters. The van der Waals surface area contributed by atoms with Crippen LogP contribution in [0.2, 0.25) is 0 Å². The quantitative estimate of drug-likeness (QED) is 0.507. The standard InChI is InChI=1S/C27H22N2O3/c1-15(30)16-7-6-8-17(13-16)28-14-29-26(31)24-22-18-9-2-3-10-19(18)23(25(24)27(29)32)21-12-5-4-11-20(21)22/h2-13,22-25,28H,14H2,1H3. The van der Waals surface area contributed by atoms with E-state index in [1.807, 2.05) is 30.3 Å². The van der Waals surface area contributed by atoms with Crippen molar-refractivity contribution in [2.24, 2.45) is 11.8 Å². The molecular formula is C27H22N2O3. The van der Waals surface area contributed by atoms with Gasteiger partial charge in [0, 0.05) is 23.1 Å². The molecule has 5 nitrogen and oxygen atoms in total. The fourth-order valence-corrected chi connectivity index (χ4v) is 5.91. The molecule has 7 rings (SSSR count). The Morgan fingerprint density at radius 2 is 1.28 bits per heavy atom. The van der Waals surface area contributed by atoms with Crippen LogP contribution in [0.25, 0.3) is 0 Å². The van der Waals surface area contributed by atoms with Crippen LogP contribution in [0, 0.1) is 11.8 Å². The normalized spacial score (nSPS) is 24.7. The number of ketones is 1. The highest BCUT2D eigenvalue weighted by Crippen LogP contribution is 2.60. The second-order valence-corrected chi connectivity index (χ2v) is 8.84. The topological polar surface area (TPSA) is 66.5 Å². The number of imide groups is 1. The minimum absolute atomic E-state index is 0.0277. The van der Waals surface area contributed by atoms with Crippen molar-refractivity contribution in [2.75, 3.05) is 12.0 Å². The van der Waals surface area contributed by atoms with Gasteiger partial charge in [0.05, 0.1) is 18.5 Å². The number of nitrogens with one attached hydrogen (secondary N) is 1. The van der Waals surface area contributed by atoms with E-state index in [1.165, 1.54) is 34.1 Å². The van der Waals surface area contributed by atoms with Crippen molar-refractivity contribution in [3.63, 3.8) is 0 Å². The molecule has 2 bridgehead atoms. The van der Waals surface area contributed by atoms with Gasteiger partial charge < -0.3 is 5.32 Å². The van der Waals surface area contributed by atoms with Gasteiger partial charge in [0.1, 0.15) is 0 Å². The van der Waals surface area contributed by atoms with Gasteiger partial charge in [-0.25, -0.2) is 0 Å². The van der Waals surface area contributed by atoms with Gasteiger partial charge in [-0.3, -0.25) is 19.3 Å². The Morgan fingerprint density at radius 1 is 0.781 bits per heavy atom. The molecule has 1 heterocycles. The summed E-state index contributed by atoms with van der Waals surface area (Å²) in [6, 6.07) is 23.6. The monoisotopic (exact) mass is 422 g/mol. The van der Waals surface area contributed by atoms with Crippen LogP contribution >= 0.6 is 0 Å². The lowest BCUT2D eigenvalue weighted by Crippen LogP contribution is -2.41. The first-order chi connectivity index (χ1) is 15.6. The van der Waals surface area contributed by atoms with Crippen LogP contribution in [0.15, 0.2) is 72.8 Å². The molecule has 3 aromatic carbocycles. The smallest absolute Gasteiger partial charge is 0.235 e. The van der Waals surface area contributed by atoms with Crippen LogP contribution in [-0.2, 0) is 9.59 Å². The summed E-state index contributed by atoms with van der Waals surface area (Å²) in [4.78, 5) is 40.2. The van der Waals surface area contributed by atoms with Crippen molar-refractivity contribution >= 4 is 23.3 Å². The van der Waals surface area contributed by atoms with Gasteiger partial charge in [-0.1, -0.05) is 60.7 Å². The van der Waals surface area contributed by atoms with Crippen molar-refractivity contribution in [1.29, 1.82) is 0 Å². The van der Waals surface area contributed by atoms with Gasteiger partial charge >= 0.3 is 0 Å². The second kappa shape index (κ2) is 6.89. The Labute approximate surface area is 186 Å². The fourth-order valence-electron chi connectivity index (χ4n) is 5.91. The number of nitrogens with zero attached hydrogens (tertiary/aromatic N) is 1. The molecule has 32 heavy (non-hydrogen) atoms. The predicted octanol–water partition coefficient (Wildman–Crippen LogP) is 4.15. The average Bonchev–Trinajstić information content (AvgIpc) is 3.08. The highest BCUT2D eigenvalue weighted by atomic mass is 16.2. The van der Waals surface area contributed by atoms with Crippen molar-refractivity contribution in [3.05, 3.63) is 101 Å². The third-order valence-electron chi connectivity index (χ3n) is 7.25. The van der Waals surface area contributed by atoms with E-state index in [2.05, 4.69) is 29.6 Å². The molecule has 3 aromatic rings. The number of hydrogen-bond donors (Lipinski definition) is 1. The van der Waals surface area contributed by atoms with Crippen LogP contribution < -0.4 is 5.32 Å². The molecule has 1 fully saturated rings. The maximum absolute atomic E-state index is 13.6. The molecule has 3 aliphatic carbocycles. The summed E-state index contributed by atoms with van der Waals surface area (Å²) < 4.78 is 0. The van der Waals surface area contributed by atoms with Gasteiger partial charge in [-0.15, -0.1) is 0 Å². The first-order valence-electron chi connectivity index (χ1n) is 10.9. The van der Waals surface area contributed by atoms with Gasteiger partial charge in [0.15, 0.2) is 5.78 Å². The first kappa shape index (κ1) is 19.0. The molecule has 1 N–H and O–H groups in total. The van der Waals surface area contributed by atoms with Crippen molar-refractivity contribution < 1.29 is 14.4 Å². The lowest BCUT2D eigenvalue weighted by molar-refractivity contribution is -0.139. The number of likely N-dealkylation sites (tertiary alicyclic amines) is 1. The predicted molar refractivity (Wildman–Crippen MR) is 120 cm³/mol. The van der Waals surface area contributed by atoms with E-state index < -0.39 is 0 Å². The Balaban J connectivity index is 1.36. The summed E-state index contributed by atoms with van der Waals surface area (Å²) in [5.74, 6) is -1.20. The molecule has 2 amide bonds. The fraction of sp³-hybridized carbons (Fsp3) is 0.222.